The van der Waals surface area contributed by atoms with Gasteiger partial charge in [-0.15, -0.1) is 0 Å². The van der Waals surface area contributed by atoms with Gasteiger partial charge in [-0.25, -0.2) is 0 Å². The van der Waals surface area contributed by atoms with Crippen molar-refractivity contribution in [2.45, 2.75) is 0 Å². The van der Waals surface area contributed by atoms with Crippen molar-refractivity contribution in [3.8, 4) is 11.3 Å². The lowest BCUT2D eigenvalue weighted by molar-refractivity contribution is -0.565. The minimum atomic E-state index is 0.687. The van der Waals surface area contributed by atoms with Gasteiger partial charge in [-0.05, 0) is 52.9 Å². The molecule has 0 unspecified atom stereocenters. The second-order valence-electron chi connectivity index (χ2n) is 4.06. The molecule has 88 valence electrons. The molecule has 2 aromatic carbocycles. The Morgan fingerprint density at radius 2 is 1.61 bits per heavy atom. The summed E-state index contributed by atoms with van der Waals surface area (Å²) in [4.78, 5) is 0. The molecule has 2 nitrogen and oxygen atoms in total. The lowest BCUT2D eigenvalue weighted by atomic mass is 10.1. The van der Waals surface area contributed by atoms with Crippen LogP contribution in [0.1, 0.15) is 0 Å². The molecular weight excluding hydrogens is 337 g/mol. The van der Waals surface area contributed by atoms with Crippen LogP contribution in [0.25, 0.3) is 22.2 Å². The molecule has 0 radical (unpaired) electrons. The van der Waals surface area contributed by atoms with Gasteiger partial charge in [0.15, 0.2) is 0 Å². The maximum Gasteiger partial charge on any atom is 0.237 e. The number of aromatic nitrogens is 1. The number of para-hydroxylation sites is 1. The average molecular weight is 347 g/mol. The van der Waals surface area contributed by atoms with E-state index in [-0.39, 0.29) is 0 Å². The third kappa shape index (κ3) is 1.84. The van der Waals surface area contributed by atoms with E-state index in [9.17, 15) is 5.21 Å². The summed E-state index contributed by atoms with van der Waals surface area (Å²) in [6, 6.07) is 19.5. The summed E-state index contributed by atoms with van der Waals surface area (Å²) in [5.41, 5.74) is 2.36. The second kappa shape index (κ2) is 4.57. The molecule has 0 saturated carbocycles. The summed E-state index contributed by atoms with van der Waals surface area (Å²) in [6.45, 7) is 0. The monoisotopic (exact) mass is 347 g/mol. The highest BCUT2D eigenvalue weighted by molar-refractivity contribution is 14.1. The summed E-state index contributed by atoms with van der Waals surface area (Å²) < 4.78 is 1.99. The predicted octanol–water partition coefficient (Wildman–Crippen LogP) is 3.74. The van der Waals surface area contributed by atoms with Crippen LogP contribution in [0.4, 0.5) is 0 Å². The van der Waals surface area contributed by atoms with Crippen LogP contribution < -0.4 is 4.73 Å². The van der Waals surface area contributed by atoms with Gasteiger partial charge in [-0.3, -0.25) is 0 Å². The first-order valence-corrected chi connectivity index (χ1v) is 6.71. The highest BCUT2D eigenvalue weighted by Gasteiger charge is 2.14. The number of halogens is 1. The van der Waals surface area contributed by atoms with E-state index in [1.165, 1.54) is 0 Å². The molecule has 0 spiro atoms. The number of benzene rings is 2. The molecule has 0 aliphatic heterocycles. The lowest BCUT2D eigenvalue weighted by Gasteiger charge is -2.08. The van der Waals surface area contributed by atoms with Crippen LogP contribution in [-0.2, 0) is 0 Å². The summed E-state index contributed by atoms with van der Waals surface area (Å²) in [6.07, 6.45) is 0. The summed E-state index contributed by atoms with van der Waals surface area (Å²) in [5, 5.41) is 13.4. The molecule has 0 N–H and O–H groups in total. The molecule has 3 heteroatoms. The largest absolute Gasteiger partial charge is 0.618 e. The van der Waals surface area contributed by atoms with Crippen molar-refractivity contribution in [3.05, 3.63) is 69.4 Å². The SMILES string of the molecule is [O-][n+]1c(-c2ccccc2)ccc2cccc(I)c21. The fourth-order valence-corrected chi connectivity index (χ4v) is 2.80. The summed E-state index contributed by atoms with van der Waals surface area (Å²) >= 11 is 2.20. The number of nitrogens with zero attached hydrogens (tertiary/aromatic N) is 1. The van der Waals surface area contributed by atoms with Crippen LogP contribution in [0.2, 0.25) is 0 Å². The Labute approximate surface area is 119 Å². The molecule has 0 aliphatic carbocycles. The Morgan fingerprint density at radius 1 is 0.833 bits per heavy atom. The van der Waals surface area contributed by atoms with Gasteiger partial charge >= 0.3 is 0 Å². The predicted molar refractivity (Wildman–Crippen MR) is 81.1 cm³/mol. The smallest absolute Gasteiger partial charge is 0.237 e. The lowest BCUT2D eigenvalue weighted by Crippen LogP contribution is -2.30. The van der Waals surface area contributed by atoms with Gasteiger partial charge in [-0.1, -0.05) is 24.3 Å². The van der Waals surface area contributed by atoms with Crippen LogP contribution in [-0.4, -0.2) is 0 Å². The van der Waals surface area contributed by atoms with Crippen LogP contribution >= 0.6 is 22.6 Å². The van der Waals surface area contributed by atoms with E-state index in [0.717, 1.165) is 24.8 Å². The fourth-order valence-electron chi connectivity index (χ4n) is 2.06. The summed E-state index contributed by atoms with van der Waals surface area (Å²) in [7, 11) is 0. The Bertz CT molecular complexity index is 710. The fraction of sp³-hybridized carbons (Fsp3) is 0. The number of fused-ring (bicyclic) bond motifs is 1. The Morgan fingerprint density at radius 3 is 2.39 bits per heavy atom. The van der Waals surface area contributed by atoms with E-state index < -0.39 is 0 Å². The Kier molecular flexibility index (Phi) is 2.91. The van der Waals surface area contributed by atoms with E-state index in [4.69, 9.17) is 0 Å². The number of pyridine rings is 1. The first-order valence-electron chi connectivity index (χ1n) is 5.63. The maximum absolute atomic E-state index is 12.5. The van der Waals surface area contributed by atoms with Crippen molar-refractivity contribution in [3.63, 3.8) is 0 Å². The molecule has 0 atom stereocenters. The molecule has 1 aromatic heterocycles. The Hall–Kier alpha value is -1.62. The third-order valence-electron chi connectivity index (χ3n) is 2.93. The molecule has 3 rings (SSSR count). The minimum absolute atomic E-state index is 0.687. The van der Waals surface area contributed by atoms with Gasteiger partial charge in [-0.2, -0.15) is 4.73 Å². The average Bonchev–Trinajstić information content (AvgIpc) is 2.40. The van der Waals surface area contributed by atoms with Gasteiger partial charge in [0.2, 0.25) is 11.2 Å². The van der Waals surface area contributed by atoms with E-state index in [0.29, 0.717) is 5.69 Å². The van der Waals surface area contributed by atoms with Crippen LogP contribution in [0.3, 0.4) is 0 Å². The number of hydrogen-bond donors (Lipinski definition) is 0. The Balaban J connectivity index is 2.33. The van der Waals surface area contributed by atoms with Crippen molar-refractivity contribution in [1.82, 2.24) is 0 Å². The quantitative estimate of drug-likeness (QED) is 0.374. The summed E-state index contributed by atoms with van der Waals surface area (Å²) in [5.74, 6) is 0. The second-order valence-corrected chi connectivity index (χ2v) is 5.22. The van der Waals surface area contributed by atoms with Crippen LogP contribution in [0.15, 0.2) is 60.7 Å². The zero-order chi connectivity index (χ0) is 12.5. The van der Waals surface area contributed by atoms with Gasteiger partial charge in [0.25, 0.3) is 0 Å². The van der Waals surface area contributed by atoms with Crippen molar-refractivity contribution >= 4 is 33.5 Å². The highest BCUT2D eigenvalue weighted by atomic mass is 127. The van der Waals surface area contributed by atoms with Gasteiger partial charge in [0.05, 0.1) is 3.57 Å². The van der Waals surface area contributed by atoms with Gasteiger partial charge in [0, 0.05) is 17.0 Å². The zero-order valence-electron chi connectivity index (χ0n) is 9.51. The minimum Gasteiger partial charge on any atom is -0.618 e. The first kappa shape index (κ1) is 11.5. The normalized spacial score (nSPS) is 10.7. The van der Waals surface area contributed by atoms with E-state index in [1.807, 2.05) is 60.7 Å². The van der Waals surface area contributed by atoms with Gasteiger partial charge in [0.1, 0.15) is 0 Å². The van der Waals surface area contributed by atoms with Gasteiger partial charge < -0.3 is 5.21 Å². The van der Waals surface area contributed by atoms with Crippen LogP contribution in [0, 0.1) is 8.78 Å². The molecule has 0 fully saturated rings. The molecule has 3 aromatic rings. The van der Waals surface area contributed by atoms with Crippen molar-refractivity contribution in [2.75, 3.05) is 0 Å². The molecular formula is C15H10INO. The topological polar surface area (TPSA) is 26.9 Å². The standard InChI is InChI=1S/C15H10INO/c16-13-8-4-7-12-9-10-14(17(18)15(12)13)11-5-2-1-3-6-11/h1-10H. The first-order chi connectivity index (χ1) is 8.77. The molecule has 18 heavy (non-hydrogen) atoms. The van der Waals surface area contributed by atoms with E-state index in [1.54, 1.807) is 0 Å². The van der Waals surface area contributed by atoms with E-state index >= 15 is 0 Å². The number of hydrogen-bond acceptors (Lipinski definition) is 1. The zero-order valence-corrected chi connectivity index (χ0v) is 11.7. The van der Waals surface area contributed by atoms with E-state index in [2.05, 4.69) is 22.6 Å². The molecule has 0 aliphatic rings. The molecule has 0 saturated heterocycles. The van der Waals surface area contributed by atoms with Crippen molar-refractivity contribution in [2.24, 2.45) is 0 Å². The van der Waals surface area contributed by atoms with Crippen molar-refractivity contribution < 1.29 is 4.73 Å². The highest BCUT2D eigenvalue weighted by Crippen LogP contribution is 2.22. The van der Waals surface area contributed by atoms with Crippen molar-refractivity contribution in [1.29, 1.82) is 0 Å². The maximum atomic E-state index is 12.5. The number of rotatable bonds is 1. The molecule has 0 amide bonds. The molecule has 0 bridgehead atoms. The molecule has 1 heterocycles. The van der Waals surface area contributed by atoms with Crippen LogP contribution in [0.5, 0.6) is 0 Å². The third-order valence-corrected chi connectivity index (χ3v) is 3.80.